The zero-order valence-corrected chi connectivity index (χ0v) is 11.4. The molecule has 0 spiro atoms. The molecule has 0 aliphatic carbocycles. The molecule has 3 nitrogen and oxygen atoms in total. The van der Waals surface area contributed by atoms with Crippen molar-refractivity contribution in [3.8, 4) is 5.75 Å². The number of benzene rings is 1. The smallest absolute Gasteiger partial charge is 0.167 e. The van der Waals surface area contributed by atoms with Gasteiger partial charge in [-0.15, -0.1) is 0 Å². The molecule has 1 saturated heterocycles. The van der Waals surface area contributed by atoms with Gasteiger partial charge in [-0.25, -0.2) is 4.39 Å². The van der Waals surface area contributed by atoms with Crippen LogP contribution in [0, 0.1) is 5.82 Å². The summed E-state index contributed by atoms with van der Waals surface area (Å²) in [6, 6.07) is 3.39. The number of thioether (sulfide) groups is 1. The van der Waals surface area contributed by atoms with E-state index >= 15 is 0 Å². The Morgan fingerprint density at radius 2 is 2.39 bits per heavy atom. The van der Waals surface area contributed by atoms with Gasteiger partial charge in [0.15, 0.2) is 11.6 Å². The van der Waals surface area contributed by atoms with Gasteiger partial charge in [-0.05, 0) is 25.5 Å². The number of hydrogen-bond donors (Lipinski definition) is 2. The summed E-state index contributed by atoms with van der Waals surface area (Å²) < 4.78 is 18.8. The lowest BCUT2D eigenvalue weighted by Gasteiger charge is -2.24. The number of nitrogen functional groups attached to an aromatic ring is 1. The molecule has 0 radical (unpaired) electrons. The van der Waals surface area contributed by atoms with Crippen LogP contribution in [-0.2, 0) is 0 Å². The van der Waals surface area contributed by atoms with E-state index in [0.717, 1.165) is 17.9 Å². The first-order valence-electron chi connectivity index (χ1n) is 6.26. The molecule has 1 aliphatic rings. The first-order chi connectivity index (χ1) is 8.70. The van der Waals surface area contributed by atoms with Crippen molar-refractivity contribution in [2.24, 2.45) is 0 Å². The van der Waals surface area contributed by atoms with E-state index in [1.54, 1.807) is 6.07 Å². The molecular formula is C13H19FN2OS. The van der Waals surface area contributed by atoms with E-state index in [-0.39, 0.29) is 5.75 Å². The summed E-state index contributed by atoms with van der Waals surface area (Å²) in [5, 5.41) is 3.38. The SMILES string of the molecule is CCOc1cc(NC2CCCSC2)c(N)cc1F. The van der Waals surface area contributed by atoms with E-state index in [4.69, 9.17) is 10.5 Å². The Bertz CT molecular complexity index is 408. The summed E-state index contributed by atoms with van der Waals surface area (Å²) in [5.41, 5.74) is 7.05. The van der Waals surface area contributed by atoms with E-state index in [2.05, 4.69) is 5.32 Å². The summed E-state index contributed by atoms with van der Waals surface area (Å²) in [7, 11) is 0. The Kier molecular flexibility index (Phi) is 4.58. The van der Waals surface area contributed by atoms with Crippen molar-refractivity contribution < 1.29 is 9.13 Å². The van der Waals surface area contributed by atoms with Gasteiger partial charge in [-0.2, -0.15) is 11.8 Å². The highest BCUT2D eigenvalue weighted by molar-refractivity contribution is 7.99. The standard InChI is InChI=1S/C13H19FN2OS/c1-2-17-13-7-12(11(15)6-10(13)14)16-9-4-3-5-18-8-9/h6-7,9,16H,2-5,8,15H2,1H3. The van der Waals surface area contributed by atoms with Crippen molar-refractivity contribution in [2.45, 2.75) is 25.8 Å². The van der Waals surface area contributed by atoms with Crippen LogP contribution in [0.1, 0.15) is 19.8 Å². The van der Waals surface area contributed by atoms with Gasteiger partial charge in [0, 0.05) is 23.9 Å². The Morgan fingerprint density at radius 1 is 1.56 bits per heavy atom. The van der Waals surface area contributed by atoms with Crippen molar-refractivity contribution in [3.63, 3.8) is 0 Å². The van der Waals surface area contributed by atoms with Gasteiger partial charge >= 0.3 is 0 Å². The van der Waals surface area contributed by atoms with Crippen molar-refractivity contribution in [1.82, 2.24) is 0 Å². The molecule has 2 rings (SSSR count). The van der Waals surface area contributed by atoms with E-state index in [1.165, 1.54) is 18.2 Å². The maximum absolute atomic E-state index is 13.6. The summed E-state index contributed by atoms with van der Waals surface area (Å²) in [6.07, 6.45) is 2.34. The minimum absolute atomic E-state index is 0.262. The highest BCUT2D eigenvalue weighted by Crippen LogP contribution is 2.30. The lowest BCUT2D eigenvalue weighted by atomic mass is 10.1. The molecule has 1 heterocycles. The number of halogens is 1. The summed E-state index contributed by atoms with van der Waals surface area (Å²) in [6.45, 7) is 2.28. The van der Waals surface area contributed by atoms with Crippen LogP contribution in [0.2, 0.25) is 0 Å². The topological polar surface area (TPSA) is 47.3 Å². The van der Waals surface area contributed by atoms with Crippen LogP contribution in [0.5, 0.6) is 5.75 Å². The Balaban J connectivity index is 2.12. The van der Waals surface area contributed by atoms with Gasteiger partial charge < -0.3 is 15.8 Å². The molecule has 0 amide bonds. The Hall–Kier alpha value is -1.10. The van der Waals surface area contributed by atoms with Gasteiger partial charge in [0.25, 0.3) is 0 Å². The number of nitrogens with two attached hydrogens (primary N) is 1. The fourth-order valence-electron chi connectivity index (χ4n) is 2.03. The molecule has 1 atom stereocenters. The quantitative estimate of drug-likeness (QED) is 0.825. The molecule has 1 aromatic rings. The van der Waals surface area contributed by atoms with Crippen LogP contribution in [0.4, 0.5) is 15.8 Å². The van der Waals surface area contributed by atoms with E-state index < -0.39 is 5.82 Å². The average molecular weight is 270 g/mol. The van der Waals surface area contributed by atoms with Crippen LogP contribution in [0.3, 0.4) is 0 Å². The highest BCUT2D eigenvalue weighted by atomic mass is 32.2. The lowest BCUT2D eigenvalue weighted by Crippen LogP contribution is -2.26. The molecule has 1 aliphatic heterocycles. The fraction of sp³-hybridized carbons (Fsp3) is 0.538. The normalized spacial score (nSPS) is 19.6. The number of anilines is 2. The van der Waals surface area contributed by atoms with Crippen LogP contribution in [0.15, 0.2) is 12.1 Å². The maximum Gasteiger partial charge on any atom is 0.167 e. The van der Waals surface area contributed by atoms with Crippen molar-refractivity contribution >= 4 is 23.1 Å². The monoisotopic (exact) mass is 270 g/mol. The molecule has 1 aromatic carbocycles. The van der Waals surface area contributed by atoms with E-state index in [9.17, 15) is 4.39 Å². The predicted octanol–water partition coefficient (Wildman–Crippen LogP) is 3.11. The summed E-state index contributed by atoms with van der Waals surface area (Å²) in [4.78, 5) is 0. The molecular weight excluding hydrogens is 251 g/mol. The van der Waals surface area contributed by atoms with Gasteiger partial charge in [-0.1, -0.05) is 0 Å². The molecule has 0 saturated carbocycles. The van der Waals surface area contributed by atoms with Crippen molar-refractivity contribution in [2.75, 3.05) is 29.2 Å². The molecule has 1 unspecified atom stereocenters. The zero-order chi connectivity index (χ0) is 13.0. The molecule has 100 valence electrons. The second-order valence-corrected chi connectivity index (χ2v) is 5.51. The third-order valence-electron chi connectivity index (χ3n) is 2.92. The van der Waals surface area contributed by atoms with Crippen molar-refractivity contribution in [3.05, 3.63) is 17.9 Å². The Morgan fingerprint density at radius 3 is 3.06 bits per heavy atom. The number of ether oxygens (including phenoxy) is 1. The minimum atomic E-state index is -0.405. The van der Waals surface area contributed by atoms with Gasteiger partial charge in [-0.3, -0.25) is 0 Å². The summed E-state index contributed by atoms with van der Waals surface area (Å²) in [5.74, 6) is 2.15. The Labute approximate surface area is 111 Å². The molecule has 0 bridgehead atoms. The van der Waals surface area contributed by atoms with E-state index in [1.807, 2.05) is 18.7 Å². The van der Waals surface area contributed by atoms with Gasteiger partial charge in [0.1, 0.15) is 0 Å². The van der Waals surface area contributed by atoms with Crippen LogP contribution in [-0.4, -0.2) is 24.2 Å². The summed E-state index contributed by atoms with van der Waals surface area (Å²) >= 11 is 1.94. The first-order valence-corrected chi connectivity index (χ1v) is 7.42. The lowest BCUT2D eigenvalue weighted by molar-refractivity contribution is 0.322. The third-order valence-corrected chi connectivity index (χ3v) is 4.14. The largest absolute Gasteiger partial charge is 0.491 e. The number of hydrogen-bond acceptors (Lipinski definition) is 4. The van der Waals surface area contributed by atoms with E-state index in [0.29, 0.717) is 18.3 Å². The predicted molar refractivity (Wildman–Crippen MR) is 76.0 cm³/mol. The third kappa shape index (κ3) is 3.22. The maximum atomic E-state index is 13.6. The molecule has 3 N–H and O–H groups in total. The van der Waals surface area contributed by atoms with Crippen LogP contribution < -0.4 is 15.8 Å². The molecule has 18 heavy (non-hydrogen) atoms. The molecule has 5 heteroatoms. The van der Waals surface area contributed by atoms with Gasteiger partial charge in [0.05, 0.1) is 18.0 Å². The second-order valence-electron chi connectivity index (χ2n) is 4.36. The molecule has 0 aromatic heterocycles. The molecule has 1 fully saturated rings. The van der Waals surface area contributed by atoms with Crippen LogP contribution in [0.25, 0.3) is 0 Å². The highest BCUT2D eigenvalue weighted by Gasteiger charge is 2.16. The first kappa shape index (κ1) is 13.3. The second kappa shape index (κ2) is 6.18. The van der Waals surface area contributed by atoms with Crippen molar-refractivity contribution in [1.29, 1.82) is 0 Å². The zero-order valence-electron chi connectivity index (χ0n) is 10.5. The number of rotatable bonds is 4. The minimum Gasteiger partial charge on any atom is -0.491 e. The fourth-order valence-corrected chi connectivity index (χ4v) is 3.11. The average Bonchev–Trinajstić information content (AvgIpc) is 2.37. The number of nitrogens with one attached hydrogen (secondary N) is 1. The van der Waals surface area contributed by atoms with Gasteiger partial charge in [0.2, 0.25) is 0 Å². The van der Waals surface area contributed by atoms with Crippen LogP contribution >= 0.6 is 11.8 Å².